The molecule has 0 saturated carbocycles. The van der Waals surface area contributed by atoms with Gasteiger partial charge in [0, 0.05) is 5.22 Å². The van der Waals surface area contributed by atoms with Crippen LogP contribution in [0.2, 0.25) is 0 Å². The van der Waals surface area contributed by atoms with Crippen molar-refractivity contribution in [2.24, 2.45) is 0 Å². The summed E-state index contributed by atoms with van der Waals surface area (Å²) >= 11 is 0. The Hall–Kier alpha value is -2.61. The minimum atomic E-state index is -1.99. The number of hydrogen-bond acceptors (Lipinski definition) is 3. The van der Waals surface area contributed by atoms with Crippen LogP contribution in [0, 0.1) is 0 Å². The van der Waals surface area contributed by atoms with Gasteiger partial charge in [0.05, 0.1) is 5.56 Å². The van der Waals surface area contributed by atoms with Crippen LogP contribution < -0.4 is 15.0 Å². The maximum atomic E-state index is 10.0. The molecule has 0 aromatic heterocycles. The number of benzene rings is 3. The van der Waals surface area contributed by atoms with E-state index in [2.05, 4.69) is 6.58 Å². The van der Waals surface area contributed by atoms with E-state index in [1.54, 1.807) is 6.08 Å². The number of fused-ring (bicyclic) bond motifs is 3. The molecule has 0 radical (unpaired) electrons. The summed E-state index contributed by atoms with van der Waals surface area (Å²) in [6.07, 6.45) is 3.66. The van der Waals surface area contributed by atoms with Crippen LogP contribution in [-0.4, -0.2) is 4.89 Å². The van der Waals surface area contributed by atoms with Crippen LogP contribution in [0.5, 0.6) is 5.75 Å². The van der Waals surface area contributed by atoms with Gasteiger partial charge in [-0.3, -0.25) is 0 Å². The van der Waals surface area contributed by atoms with Crippen molar-refractivity contribution in [3.8, 4) is 5.75 Å². The van der Waals surface area contributed by atoms with E-state index < -0.39 is 8.60 Å². The fourth-order valence-electron chi connectivity index (χ4n) is 2.95. The van der Waals surface area contributed by atoms with Gasteiger partial charge in [-0.15, -0.1) is 0 Å². The van der Waals surface area contributed by atoms with E-state index in [0.29, 0.717) is 11.5 Å². The van der Waals surface area contributed by atoms with Gasteiger partial charge in [0.25, 0.3) is 0 Å². The molecule has 0 fully saturated rings. The van der Waals surface area contributed by atoms with Gasteiger partial charge < -0.3 is 13.9 Å². The first-order chi connectivity index (χ1) is 11.8. The van der Waals surface area contributed by atoms with Crippen LogP contribution in [0.25, 0.3) is 22.6 Å². The van der Waals surface area contributed by atoms with Crippen molar-refractivity contribution < 1.29 is 13.9 Å². The third-order valence-electron chi connectivity index (χ3n) is 3.97. The van der Waals surface area contributed by atoms with Crippen molar-refractivity contribution in [1.29, 1.82) is 0 Å². The molecule has 0 spiro atoms. The van der Waals surface area contributed by atoms with Gasteiger partial charge >= 0.3 is 8.60 Å². The van der Waals surface area contributed by atoms with E-state index in [-0.39, 0.29) is 0 Å². The largest absolute Gasteiger partial charge is 0.460 e. The summed E-state index contributed by atoms with van der Waals surface area (Å²) in [5, 5.41) is 4.00. The second-order valence-electron chi connectivity index (χ2n) is 5.40. The zero-order valence-corrected chi connectivity index (χ0v) is 13.7. The minimum Gasteiger partial charge on any atom is -0.417 e. The molecule has 4 heteroatoms. The molecule has 1 heterocycles. The lowest BCUT2D eigenvalue weighted by atomic mass is 10.0. The molecule has 1 atom stereocenters. The zero-order valence-electron chi connectivity index (χ0n) is 12.8. The monoisotopic (exact) mass is 334 g/mol. The Kier molecular flexibility index (Phi) is 3.81. The van der Waals surface area contributed by atoms with E-state index in [0.717, 1.165) is 26.8 Å². The normalized spacial score (nSPS) is 19.4. The lowest BCUT2D eigenvalue weighted by Crippen LogP contribution is -2.28. The summed E-state index contributed by atoms with van der Waals surface area (Å²) in [4.78, 5) is 10.0. The molecule has 1 N–H and O–H groups in total. The van der Waals surface area contributed by atoms with Crippen molar-refractivity contribution in [2.75, 3.05) is 0 Å². The molecular weight excluding hydrogens is 319 g/mol. The molecule has 24 heavy (non-hydrogen) atoms. The highest BCUT2D eigenvalue weighted by molar-refractivity contribution is 7.41. The average molecular weight is 334 g/mol. The molecule has 3 aromatic rings. The first-order valence-electron chi connectivity index (χ1n) is 7.57. The third-order valence-corrected chi connectivity index (χ3v) is 4.66. The molecule has 1 aliphatic rings. The van der Waals surface area contributed by atoms with Gasteiger partial charge in [-0.05, 0) is 22.1 Å². The molecule has 0 aliphatic carbocycles. The maximum Gasteiger partial charge on any atom is 0.460 e. The smallest absolute Gasteiger partial charge is 0.417 e. The van der Waals surface area contributed by atoms with Gasteiger partial charge in [-0.2, -0.15) is 0 Å². The summed E-state index contributed by atoms with van der Waals surface area (Å²) in [5.41, 5.74) is 0.866. The summed E-state index contributed by atoms with van der Waals surface area (Å²) in [7, 11) is -1.99. The van der Waals surface area contributed by atoms with E-state index >= 15 is 0 Å². The average Bonchev–Trinajstić information content (AvgIpc) is 2.61. The van der Waals surface area contributed by atoms with Crippen LogP contribution in [0.4, 0.5) is 0 Å². The minimum absolute atomic E-state index is 0.635. The maximum absolute atomic E-state index is 10.0. The summed E-state index contributed by atoms with van der Waals surface area (Å²) in [6, 6.07) is 19.8. The second-order valence-corrected chi connectivity index (χ2v) is 6.24. The molecule has 3 nitrogen and oxygen atoms in total. The summed E-state index contributed by atoms with van der Waals surface area (Å²) in [5.74, 6) is 1.27. The number of rotatable bonds is 1. The number of hydrogen-bond donors (Lipinski definition) is 1. The Balaban J connectivity index is 2.18. The van der Waals surface area contributed by atoms with Crippen molar-refractivity contribution in [3.63, 3.8) is 0 Å². The van der Waals surface area contributed by atoms with Crippen LogP contribution in [0.15, 0.2) is 73.3 Å². The Morgan fingerprint density at radius 3 is 2.58 bits per heavy atom. The van der Waals surface area contributed by atoms with Crippen molar-refractivity contribution >= 4 is 31.2 Å². The lowest BCUT2D eigenvalue weighted by molar-refractivity contribution is 0.347. The van der Waals surface area contributed by atoms with E-state index in [9.17, 15) is 4.89 Å². The Morgan fingerprint density at radius 2 is 1.71 bits per heavy atom. The number of allylic oxidation sites excluding steroid dienone is 1. The van der Waals surface area contributed by atoms with E-state index in [4.69, 9.17) is 9.05 Å². The SMILES string of the molecule is C=C/C=c1/cccc/c1=C1/OP(O)Oc2ccc3ccccc3c21. The fraction of sp³-hybridized carbons (Fsp3) is 0. The van der Waals surface area contributed by atoms with Crippen molar-refractivity contribution in [3.05, 3.63) is 89.3 Å². The van der Waals surface area contributed by atoms with Gasteiger partial charge in [0.2, 0.25) is 0 Å². The zero-order chi connectivity index (χ0) is 16.5. The highest BCUT2D eigenvalue weighted by atomic mass is 31.2. The van der Waals surface area contributed by atoms with Gasteiger partial charge in [0.15, 0.2) is 0 Å². The predicted octanol–water partition coefficient (Wildman–Crippen LogP) is 3.59. The van der Waals surface area contributed by atoms with Gasteiger partial charge in [0.1, 0.15) is 11.5 Å². The van der Waals surface area contributed by atoms with Crippen LogP contribution in [0.1, 0.15) is 5.56 Å². The van der Waals surface area contributed by atoms with Crippen LogP contribution in [-0.2, 0) is 4.52 Å². The van der Waals surface area contributed by atoms with Crippen LogP contribution >= 0.6 is 8.60 Å². The second kappa shape index (κ2) is 6.12. The molecule has 3 aromatic carbocycles. The third kappa shape index (κ3) is 2.48. The molecule has 4 rings (SSSR count). The first-order valence-corrected chi connectivity index (χ1v) is 8.70. The van der Waals surface area contributed by atoms with E-state index in [1.165, 1.54) is 0 Å². The fourth-order valence-corrected chi connectivity index (χ4v) is 3.65. The van der Waals surface area contributed by atoms with E-state index in [1.807, 2.05) is 66.7 Å². The van der Waals surface area contributed by atoms with Crippen LogP contribution in [0.3, 0.4) is 0 Å². The Bertz CT molecular complexity index is 1060. The quantitative estimate of drug-likeness (QED) is 0.691. The molecule has 118 valence electrons. The highest BCUT2D eigenvalue weighted by Crippen LogP contribution is 2.49. The highest BCUT2D eigenvalue weighted by Gasteiger charge is 2.27. The van der Waals surface area contributed by atoms with Gasteiger partial charge in [-0.25, -0.2) is 0 Å². The Labute approximate surface area is 140 Å². The lowest BCUT2D eigenvalue weighted by Gasteiger charge is -2.24. The molecule has 1 unspecified atom stereocenters. The molecule has 1 aliphatic heterocycles. The standard InChI is InChI=1S/C20H15O3P/c1-2-7-14-8-4-6-11-17(14)20-19-16-10-5-3-9-15(16)12-13-18(19)22-24(21)23-20/h2-13,21H,1H2/b14-7-,20-17-. The Morgan fingerprint density at radius 1 is 0.917 bits per heavy atom. The molecular formula is C20H15O3P. The topological polar surface area (TPSA) is 38.7 Å². The summed E-state index contributed by atoms with van der Waals surface area (Å²) < 4.78 is 11.3. The van der Waals surface area contributed by atoms with Crippen molar-refractivity contribution in [2.45, 2.75) is 0 Å². The van der Waals surface area contributed by atoms with Crippen molar-refractivity contribution in [1.82, 2.24) is 0 Å². The molecule has 0 saturated heterocycles. The summed E-state index contributed by atoms with van der Waals surface area (Å²) in [6.45, 7) is 3.78. The van der Waals surface area contributed by atoms with Gasteiger partial charge in [-0.1, -0.05) is 73.3 Å². The molecule has 0 bridgehead atoms. The predicted molar refractivity (Wildman–Crippen MR) is 97.7 cm³/mol. The first kappa shape index (κ1) is 14.9. The molecule has 0 amide bonds.